The molecule has 0 aliphatic rings. The molecule has 0 bridgehead atoms. The number of nitrogens with zero attached hydrogens (tertiary/aromatic N) is 6. The van der Waals surface area contributed by atoms with Crippen LogP contribution < -0.4 is 4.90 Å². The first kappa shape index (κ1) is 22.4. The number of aromatic nitrogens is 4. The molecule has 3 rings (SSSR count). The normalized spacial score (nSPS) is 10.8. The van der Waals surface area contributed by atoms with E-state index in [-0.39, 0.29) is 5.91 Å². The molecular weight excluding hydrogens is 392 g/mol. The Morgan fingerprint density at radius 3 is 2.48 bits per heavy atom. The number of carbonyl (C=O) groups excluding carboxylic acids is 1. The van der Waals surface area contributed by atoms with Crippen molar-refractivity contribution in [3.63, 3.8) is 0 Å². The maximum atomic E-state index is 11.7. The first-order valence-corrected chi connectivity index (χ1v) is 10.7. The van der Waals surface area contributed by atoms with Crippen LogP contribution >= 0.6 is 0 Å². The molecule has 31 heavy (non-hydrogen) atoms. The SMILES string of the molecule is CCCN(CCCCCC(=O)N(C)C)c1cncc(-c2nnc(-c3ccccc3)o2)n1. The lowest BCUT2D eigenvalue weighted by atomic mass is 10.1. The molecule has 2 heterocycles. The van der Waals surface area contributed by atoms with Crippen molar-refractivity contribution < 1.29 is 9.21 Å². The van der Waals surface area contributed by atoms with Crippen LogP contribution in [0.2, 0.25) is 0 Å². The number of unbranched alkanes of at least 4 members (excludes halogenated alkanes) is 2. The molecule has 2 aromatic heterocycles. The zero-order valence-electron chi connectivity index (χ0n) is 18.5. The summed E-state index contributed by atoms with van der Waals surface area (Å²) in [5.74, 6) is 1.79. The van der Waals surface area contributed by atoms with Gasteiger partial charge in [-0.15, -0.1) is 10.2 Å². The maximum Gasteiger partial charge on any atom is 0.268 e. The van der Waals surface area contributed by atoms with E-state index in [2.05, 4.69) is 27.0 Å². The Morgan fingerprint density at radius 1 is 0.968 bits per heavy atom. The van der Waals surface area contributed by atoms with Gasteiger partial charge in [0, 0.05) is 39.2 Å². The van der Waals surface area contributed by atoms with E-state index in [1.165, 1.54) is 0 Å². The first-order chi connectivity index (χ1) is 15.1. The Bertz CT molecular complexity index is 957. The summed E-state index contributed by atoms with van der Waals surface area (Å²) in [4.78, 5) is 24.6. The summed E-state index contributed by atoms with van der Waals surface area (Å²) in [6, 6.07) is 9.65. The highest BCUT2D eigenvalue weighted by atomic mass is 16.4. The average Bonchev–Trinajstić information content (AvgIpc) is 3.29. The zero-order valence-corrected chi connectivity index (χ0v) is 18.5. The molecule has 0 spiro atoms. The molecule has 0 atom stereocenters. The molecule has 3 aromatic rings. The molecule has 1 amide bonds. The van der Waals surface area contributed by atoms with Gasteiger partial charge in [-0.2, -0.15) is 0 Å². The van der Waals surface area contributed by atoms with Gasteiger partial charge in [0.2, 0.25) is 11.8 Å². The lowest BCUT2D eigenvalue weighted by Crippen LogP contribution is -2.26. The Hall–Kier alpha value is -3.29. The second-order valence-electron chi connectivity index (χ2n) is 7.63. The van der Waals surface area contributed by atoms with Crippen LogP contribution in [0.5, 0.6) is 0 Å². The fourth-order valence-corrected chi connectivity index (χ4v) is 3.23. The van der Waals surface area contributed by atoms with Crippen LogP contribution in [0.1, 0.15) is 39.0 Å². The predicted molar refractivity (Wildman–Crippen MR) is 120 cm³/mol. The standard InChI is InChI=1S/C23H30N6O2/c1-4-14-29(15-10-6-9-13-21(30)28(2)3)20-17-24-16-19(25-20)23-27-26-22(31-23)18-11-7-5-8-12-18/h5,7-8,11-12,16-17H,4,6,9-10,13-15H2,1-3H3. The molecule has 0 fully saturated rings. The fourth-order valence-electron chi connectivity index (χ4n) is 3.23. The van der Waals surface area contributed by atoms with Crippen LogP contribution in [0.25, 0.3) is 23.0 Å². The van der Waals surface area contributed by atoms with Crippen molar-refractivity contribution in [3.05, 3.63) is 42.7 Å². The van der Waals surface area contributed by atoms with Crippen LogP contribution in [0.3, 0.4) is 0 Å². The van der Waals surface area contributed by atoms with E-state index >= 15 is 0 Å². The van der Waals surface area contributed by atoms with Gasteiger partial charge in [0.1, 0.15) is 11.5 Å². The number of benzene rings is 1. The fraction of sp³-hybridized carbons (Fsp3) is 0.435. The molecule has 0 saturated carbocycles. The van der Waals surface area contributed by atoms with Crippen molar-refractivity contribution in [2.75, 3.05) is 32.1 Å². The van der Waals surface area contributed by atoms with Crippen LogP contribution in [-0.4, -0.2) is 58.2 Å². The first-order valence-electron chi connectivity index (χ1n) is 10.7. The van der Waals surface area contributed by atoms with Gasteiger partial charge in [-0.05, 0) is 31.4 Å². The minimum absolute atomic E-state index is 0.179. The van der Waals surface area contributed by atoms with E-state index in [0.29, 0.717) is 23.9 Å². The summed E-state index contributed by atoms with van der Waals surface area (Å²) in [5.41, 5.74) is 1.43. The Morgan fingerprint density at radius 2 is 1.74 bits per heavy atom. The van der Waals surface area contributed by atoms with E-state index < -0.39 is 0 Å². The summed E-state index contributed by atoms with van der Waals surface area (Å²) in [5, 5.41) is 8.29. The Kier molecular flexibility index (Phi) is 8.09. The summed E-state index contributed by atoms with van der Waals surface area (Å²) in [6.07, 6.45) is 7.89. The molecule has 0 radical (unpaired) electrons. The molecule has 0 aliphatic heterocycles. The van der Waals surface area contributed by atoms with Crippen molar-refractivity contribution in [1.29, 1.82) is 0 Å². The Balaban J connectivity index is 1.64. The second kappa shape index (κ2) is 11.2. The number of amides is 1. The van der Waals surface area contributed by atoms with Gasteiger partial charge in [-0.3, -0.25) is 9.78 Å². The van der Waals surface area contributed by atoms with Crippen molar-refractivity contribution in [1.82, 2.24) is 25.1 Å². The lowest BCUT2D eigenvalue weighted by Gasteiger charge is -2.23. The van der Waals surface area contributed by atoms with Gasteiger partial charge < -0.3 is 14.2 Å². The third-order valence-corrected chi connectivity index (χ3v) is 4.92. The molecule has 0 N–H and O–H groups in total. The molecule has 0 aliphatic carbocycles. The zero-order chi connectivity index (χ0) is 22.1. The van der Waals surface area contributed by atoms with E-state index in [1.807, 2.05) is 30.3 Å². The van der Waals surface area contributed by atoms with Crippen molar-refractivity contribution >= 4 is 11.7 Å². The monoisotopic (exact) mass is 422 g/mol. The molecule has 164 valence electrons. The highest BCUT2D eigenvalue weighted by Gasteiger charge is 2.15. The summed E-state index contributed by atoms with van der Waals surface area (Å²) >= 11 is 0. The van der Waals surface area contributed by atoms with Crippen molar-refractivity contribution in [2.45, 2.75) is 39.0 Å². The summed E-state index contributed by atoms with van der Waals surface area (Å²) < 4.78 is 5.83. The van der Waals surface area contributed by atoms with Gasteiger partial charge in [0.25, 0.3) is 5.89 Å². The van der Waals surface area contributed by atoms with Gasteiger partial charge in [0.15, 0.2) is 0 Å². The van der Waals surface area contributed by atoms with Crippen LogP contribution in [0.4, 0.5) is 5.82 Å². The van der Waals surface area contributed by atoms with Crippen molar-refractivity contribution in [3.8, 4) is 23.0 Å². The van der Waals surface area contributed by atoms with Crippen LogP contribution in [-0.2, 0) is 4.79 Å². The number of hydrogen-bond acceptors (Lipinski definition) is 7. The van der Waals surface area contributed by atoms with E-state index in [0.717, 1.165) is 50.2 Å². The lowest BCUT2D eigenvalue weighted by molar-refractivity contribution is -0.128. The van der Waals surface area contributed by atoms with Crippen LogP contribution in [0.15, 0.2) is 47.1 Å². The smallest absolute Gasteiger partial charge is 0.268 e. The van der Waals surface area contributed by atoms with E-state index in [1.54, 1.807) is 31.4 Å². The Labute approximate surface area is 183 Å². The predicted octanol–water partition coefficient (Wildman–Crippen LogP) is 4.06. The third kappa shape index (κ3) is 6.34. The molecule has 8 nitrogen and oxygen atoms in total. The second-order valence-corrected chi connectivity index (χ2v) is 7.63. The molecular formula is C23H30N6O2. The van der Waals surface area contributed by atoms with Crippen molar-refractivity contribution in [2.24, 2.45) is 0 Å². The minimum Gasteiger partial charge on any atom is -0.415 e. The summed E-state index contributed by atoms with van der Waals surface area (Å²) in [6.45, 7) is 3.89. The number of anilines is 1. The van der Waals surface area contributed by atoms with Gasteiger partial charge in [0.05, 0.1) is 12.4 Å². The topological polar surface area (TPSA) is 88.3 Å². The number of carbonyl (C=O) groups is 1. The molecule has 0 unspecified atom stereocenters. The minimum atomic E-state index is 0.179. The molecule has 1 aromatic carbocycles. The maximum absolute atomic E-state index is 11.7. The quantitative estimate of drug-likeness (QED) is 0.431. The van der Waals surface area contributed by atoms with E-state index in [9.17, 15) is 4.79 Å². The van der Waals surface area contributed by atoms with Gasteiger partial charge in [-0.1, -0.05) is 31.5 Å². The number of rotatable bonds is 11. The molecule has 8 heteroatoms. The van der Waals surface area contributed by atoms with Gasteiger partial charge in [-0.25, -0.2) is 4.98 Å². The number of hydrogen-bond donors (Lipinski definition) is 0. The van der Waals surface area contributed by atoms with E-state index in [4.69, 9.17) is 9.40 Å². The molecule has 0 saturated heterocycles. The highest BCUT2D eigenvalue weighted by Crippen LogP contribution is 2.23. The highest BCUT2D eigenvalue weighted by molar-refractivity contribution is 5.75. The van der Waals surface area contributed by atoms with Crippen LogP contribution in [0, 0.1) is 0 Å². The largest absolute Gasteiger partial charge is 0.415 e. The van der Waals surface area contributed by atoms with Gasteiger partial charge >= 0.3 is 0 Å². The summed E-state index contributed by atoms with van der Waals surface area (Å²) in [7, 11) is 3.59. The average molecular weight is 423 g/mol. The third-order valence-electron chi connectivity index (χ3n) is 4.92.